The molecule has 1 saturated heterocycles. The van der Waals surface area contributed by atoms with E-state index >= 15 is 0 Å². The number of hydrogen-bond donors (Lipinski definition) is 0. The summed E-state index contributed by atoms with van der Waals surface area (Å²) in [5, 5.41) is 0.711. The lowest BCUT2D eigenvalue weighted by Gasteiger charge is -2.37. The Kier molecular flexibility index (Phi) is 4.62. The maximum Gasteiger partial charge on any atom is 0.225 e. The molecule has 0 atom stereocenters. The molecule has 4 nitrogen and oxygen atoms in total. The van der Waals surface area contributed by atoms with E-state index in [4.69, 9.17) is 16.0 Å². The molecule has 1 aliphatic heterocycles. The molecule has 122 valence electrons. The molecule has 2 aromatic rings. The van der Waals surface area contributed by atoms with Gasteiger partial charge in [-0.05, 0) is 24.3 Å². The number of benzene rings is 1. The van der Waals surface area contributed by atoms with Gasteiger partial charge in [0.25, 0.3) is 0 Å². The zero-order valence-electron chi connectivity index (χ0n) is 13.5. The van der Waals surface area contributed by atoms with Crippen molar-refractivity contribution < 1.29 is 9.21 Å². The SMILES string of the molecule is CC(C)C(=O)N1CCN(c2c(Cl)cccc2-c2ccco2)CC1. The van der Waals surface area contributed by atoms with Crippen molar-refractivity contribution in [3.8, 4) is 11.3 Å². The highest BCUT2D eigenvalue weighted by atomic mass is 35.5. The number of carbonyl (C=O) groups is 1. The molecule has 1 fully saturated rings. The fraction of sp³-hybridized carbons (Fsp3) is 0.389. The third kappa shape index (κ3) is 3.22. The lowest BCUT2D eigenvalue weighted by atomic mass is 10.1. The molecule has 1 aromatic heterocycles. The third-order valence-electron chi connectivity index (χ3n) is 4.17. The molecular weight excluding hydrogens is 312 g/mol. The molecule has 1 aromatic carbocycles. The minimum atomic E-state index is 0.0422. The quantitative estimate of drug-likeness (QED) is 0.855. The Hall–Kier alpha value is -1.94. The van der Waals surface area contributed by atoms with Gasteiger partial charge in [-0.15, -0.1) is 0 Å². The molecule has 0 N–H and O–H groups in total. The Morgan fingerprint density at radius 2 is 1.87 bits per heavy atom. The van der Waals surface area contributed by atoms with E-state index in [0.717, 1.165) is 43.2 Å². The zero-order chi connectivity index (χ0) is 16.4. The van der Waals surface area contributed by atoms with Gasteiger partial charge in [0.2, 0.25) is 5.91 Å². The number of halogens is 1. The van der Waals surface area contributed by atoms with Gasteiger partial charge in [-0.3, -0.25) is 4.79 Å². The number of anilines is 1. The maximum atomic E-state index is 12.1. The number of nitrogens with zero attached hydrogens (tertiary/aromatic N) is 2. The van der Waals surface area contributed by atoms with Crippen LogP contribution >= 0.6 is 11.6 Å². The van der Waals surface area contributed by atoms with Gasteiger partial charge in [0, 0.05) is 37.7 Å². The van der Waals surface area contributed by atoms with Crippen LogP contribution in [-0.2, 0) is 4.79 Å². The van der Waals surface area contributed by atoms with Crippen molar-refractivity contribution in [1.82, 2.24) is 4.90 Å². The lowest BCUT2D eigenvalue weighted by molar-refractivity contribution is -0.134. The molecule has 1 aliphatic rings. The van der Waals surface area contributed by atoms with Crippen molar-refractivity contribution in [1.29, 1.82) is 0 Å². The Bertz CT molecular complexity index is 674. The molecule has 2 heterocycles. The zero-order valence-corrected chi connectivity index (χ0v) is 14.2. The van der Waals surface area contributed by atoms with Crippen LogP contribution in [0.1, 0.15) is 13.8 Å². The molecular formula is C18H21ClN2O2. The summed E-state index contributed by atoms with van der Waals surface area (Å²) in [6, 6.07) is 9.66. The van der Waals surface area contributed by atoms with Gasteiger partial charge in [-0.25, -0.2) is 0 Å². The van der Waals surface area contributed by atoms with Gasteiger partial charge in [0.05, 0.1) is 17.0 Å². The van der Waals surface area contributed by atoms with Crippen LogP contribution in [-0.4, -0.2) is 37.0 Å². The molecule has 0 spiro atoms. The Morgan fingerprint density at radius 1 is 1.13 bits per heavy atom. The number of furan rings is 1. The van der Waals surface area contributed by atoms with Crippen LogP contribution in [0, 0.1) is 5.92 Å². The van der Waals surface area contributed by atoms with Crippen LogP contribution in [0.5, 0.6) is 0 Å². The fourth-order valence-corrected chi connectivity index (χ4v) is 3.28. The summed E-state index contributed by atoms with van der Waals surface area (Å²) in [6.07, 6.45) is 1.67. The lowest BCUT2D eigenvalue weighted by Crippen LogP contribution is -2.50. The summed E-state index contributed by atoms with van der Waals surface area (Å²) < 4.78 is 5.55. The van der Waals surface area contributed by atoms with Gasteiger partial charge in [-0.1, -0.05) is 31.5 Å². The molecule has 1 amide bonds. The minimum absolute atomic E-state index is 0.0422. The van der Waals surface area contributed by atoms with Crippen molar-refractivity contribution in [2.45, 2.75) is 13.8 Å². The van der Waals surface area contributed by atoms with Crippen molar-refractivity contribution >= 4 is 23.2 Å². The Balaban J connectivity index is 1.83. The van der Waals surface area contributed by atoms with Gasteiger partial charge < -0.3 is 14.2 Å². The average Bonchev–Trinajstić information content (AvgIpc) is 3.08. The molecule has 3 rings (SSSR count). The summed E-state index contributed by atoms with van der Waals surface area (Å²) in [4.78, 5) is 16.3. The standard InChI is InChI=1S/C18H21ClN2O2/c1-13(2)18(22)21-10-8-20(9-11-21)17-14(5-3-6-15(17)19)16-7-4-12-23-16/h3-7,12-13H,8-11H2,1-2H3. The van der Waals surface area contributed by atoms with E-state index in [1.54, 1.807) is 6.26 Å². The van der Waals surface area contributed by atoms with Crippen LogP contribution in [0.4, 0.5) is 5.69 Å². The molecule has 0 unspecified atom stereocenters. The number of amides is 1. The topological polar surface area (TPSA) is 36.7 Å². The average molecular weight is 333 g/mol. The second-order valence-electron chi connectivity index (χ2n) is 6.08. The molecule has 0 radical (unpaired) electrons. The first-order valence-corrected chi connectivity index (χ1v) is 8.32. The van der Waals surface area contributed by atoms with Gasteiger partial charge in [0.1, 0.15) is 5.76 Å². The summed E-state index contributed by atoms with van der Waals surface area (Å²) in [6.45, 7) is 6.88. The maximum absolute atomic E-state index is 12.1. The van der Waals surface area contributed by atoms with Gasteiger partial charge in [-0.2, -0.15) is 0 Å². The molecule has 0 saturated carbocycles. The first kappa shape index (κ1) is 15.9. The normalized spacial score (nSPS) is 15.3. The molecule has 0 bridgehead atoms. The van der Waals surface area contributed by atoms with Crippen LogP contribution in [0.2, 0.25) is 5.02 Å². The van der Waals surface area contributed by atoms with E-state index in [9.17, 15) is 4.79 Å². The number of piperazine rings is 1. The van der Waals surface area contributed by atoms with E-state index in [-0.39, 0.29) is 11.8 Å². The molecule has 23 heavy (non-hydrogen) atoms. The summed E-state index contributed by atoms with van der Waals surface area (Å²) >= 11 is 6.47. The van der Waals surface area contributed by atoms with Crippen molar-refractivity contribution in [3.63, 3.8) is 0 Å². The summed E-state index contributed by atoms with van der Waals surface area (Å²) in [5.41, 5.74) is 1.98. The summed E-state index contributed by atoms with van der Waals surface area (Å²) in [5.74, 6) is 1.07. The van der Waals surface area contributed by atoms with Crippen LogP contribution in [0.25, 0.3) is 11.3 Å². The molecule has 5 heteroatoms. The third-order valence-corrected chi connectivity index (χ3v) is 4.48. The van der Waals surface area contributed by atoms with Crippen molar-refractivity contribution in [2.75, 3.05) is 31.1 Å². The highest BCUT2D eigenvalue weighted by Crippen LogP contribution is 2.37. The second-order valence-corrected chi connectivity index (χ2v) is 6.49. The van der Waals surface area contributed by atoms with E-state index in [2.05, 4.69) is 4.90 Å². The summed E-state index contributed by atoms with van der Waals surface area (Å²) in [7, 11) is 0. The number of rotatable bonds is 3. The Labute approximate surface area is 141 Å². The van der Waals surface area contributed by atoms with E-state index in [1.165, 1.54) is 0 Å². The number of para-hydroxylation sites is 1. The van der Waals surface area contributed by atoms with E-state index in [1.807, 2.05) is 49.1 Å². The largest absolute Gasteiger partial charge is 0.464 e. The first-order chi connectivity index (χ1) is 11.1. The van der Waals surface area contributed by atoms with E-state index < -0.39 is 0 Å². The first-order valence-electron chi connectivity index (χ1n) is 7.94. The highest BCUT2D eigenvalue weighted by Gasteiger charge is 2.25. The smallest absolute Gasteiger partial charge is 0.225 e. The second kappa shape index (κ2) is 6.67. The van der Waals surface area contributed by atoms with Gasteiger partial charge >= 0.3 is 0 Å². The van der Waals surface area contributed by atoms with Crippen molar-refractivity contribution in [3.05, 3.63) is 41.6 Å². The van der Waals surface area contributed by atoms with Crippen LogP contribution in [0.15, 0.2) is 41.0 Å². The fourth-order valence-electron chi connectivity index (χ4n) is 2.98. The molecule has 0 aliphatic carbocycles. The van der Waals surface area contributed by atoms with Gasteiger partial charge in [0.15, 0.2) is 0 Å². The monoisotopic (exact) mass is 332 g/mol. The highest BCUT2D eigenvalue weighted by molar-refractivity contribution is 6.34. The number of hydrogen-bond acceptors (Lipinski definition) is 3. The van der Waals surface area contributed by atoms with Crippen LogP contribution < -0.4 is 4.90 Å². The van der Waals surface area contributed by atoms with Crippen LogP contribution in [0.3, 0.4) is 0 Å². The number of carbonyl (C=O) groups excluding carboxylic acids is 1. The van der Waals surface area contributed by atoms with Crippen molar-refractivity contribution in [2.24, 2.45) is 5.92 Å². The predicted octanol–water partition coefficient (Wildman–Crippen LogP) is 3.90. The van der Waals surface area contributed by atoms with E-state index in [0.29, 0.717) is 5.02 Å². The Morgan fingerprint density at radius 3 is 2.48 bits per heavy atom. The predicted molar refractivity (Wildman–Crippen MR) is 92.8 cm³/mol. The minimum Gasteiger partial charge on any atom is -0.464 e.